The fourth-order valence-electron chi connectivity index (χ4n) is 3.28. The van der Waals surface area contributed by atoms with Gasteiger partial charge in [-0.25, -0.2) is 0 Å². The van der Waals surface area contributed by atoms with Gasteiger partial charge in [0, 0.05) is 18.8 Å². The summed E-state index contributed by atoms with van der Waals surface area (Å²) in [5, 5.41) is 11.6. The van der Waals surface area contributed by atoms with E-state index >= 15 is 0 Å². The molecule has 0 radical (unpaired) electrons. The van der Waals surface area contributed by atoms with Gasteiger partial charge in [0.2, 0.25) is 6.79 Å². The molecule has 0 aliphatic carbocycles. The van der Waals surface area contributed by atoms with Gasteiger partial charge in [-0.05, 0) is 35.7 Å². The van der Waals surface area contributed by atoms with Crippen molar-refractivity contribution in [3.05, 3.63) is 59.8 Å². The van der Waals surface area contributed by atoms with E-state index in [4.69, 9.17) is 9.47 Å². The normalized spacial score (nSPS) is 14.4. The van der Waals surface area contributed by atoms with E-state index in [0.717, 1.165) is 35.7 Å². The van der Waals surface area contributed by atoms with Crippen molar-refractivity contribution < 1.29 is 9.47 Å². The van der Waals surface area contributed by atoms with Gasteiger partial charge in [-0.15, -0.1) is 5.10 Å². The minimum Gasteiger partial charge on any atom is -0.454 e. The molecule has 1 N–H and O–H groups in total. The van der Waals surface area contributed by atoms with Crippen molar-refractivity contribution in [1.82, 2.24) is 15.2 Å². The van der Waals surface area contributed by atoms with Gasteiger partial charge >= 0.3 is 0 Å². The Morgan fingerprint density at radius 1 is 1.08 bits per heavy atom. The Labute approximate surface area is 150 Å². The molecule has 2 aromatic carbocycles. The van der Waals surface area contributed by atoms with E-state index in [1.165, 1.54) is 5.56 Å². The lowest BCUT2D eigenvalue weighted by Gasteiger charge is -2.17. The summed E-state index contributed by atoms with van der Waals surface area (Å²) in [5.74, 6) is 2.87. The van der Waals surface area contributed by atoms with Crippen molar-refractivity contribution in [3.8, 4) is 11.5 Å². The number of rotatable bonds is 4. The number of fused-ring (bicyclic) bond motifs is 2. The molecule has 0 fully saturated rings. The Morgan fingerprint density at radius 2 is 2.00 bits per heavy atom. The molecule has 0 atom stereocenters. The molecule has 3 aromatic rings. The highest BCUT2D eigenvalue weighted by Gasteiger charge is 2.22. The van der Waals surface area contributed by atoms with Crippen LogP contribution in [0.4, 0.5) is 17.5 Å². The van der Waals surface area contributed by atoms with Crippen LogP contribution in [0.25, 0.3) is 0 Å². The third kappa shape index (κ3) is 2.67. The Bertz CT molecular complexity index is 962. The molecule has 2 aliphatic rings. The van der Waals surface area contributed by atoms with Crippen LogP contribution in [-0.2, 0) is 13.0 Å². The quantitative estimate of drug-likeness (QED) is 0.778. The minimum atomic E-state index is 0.280. The topological polar surface area (TPSA) is 72.4 Å². The number of para-hydroxylation sites is 1. The van der Waals surface area contributed by atoms with Gasteiger partial charge in [-0.3, -0.25) is 0 Å². The van der Waals surface area contributed by atoms with Crippen LogP contribution in [0.15, 0.2) is 48.7 Å². The molecule has 0 saturated carbocycles. The molecule has 5 rings (SSSR count). The Morgan fingerprint density at radius 3 is 3.00 bits per heavy atom. The van der Waals surface area contributed by atoms with Crippen LogP contribution < -0.4 is 19.7 Å². The lowest BCUT2D eigenvalue weighted by Crippen LogP contribution is -2.17. The highest BCUT2D eigenvalue weighted by atomic mass is 16.7. The van der Waals surface area contributed by atoms with E-state index in [0.29, 0.717) is 18.3 Å². The molecular formula is C19H17N5O2. The van der Waals surface area contributed by atoms with Crippen LogP contribution in [0.2, 0.25) is 0 Å². The number of ether oxygens (including phenoxy) is 2. The summed E-state index contributed by atoms with van der Waals surface area (Å²) in [5.41, 5.74) is 3.55. The fraction of sp³-hybridized carbons (Fsp3) is 0.211. The molecule has 0 unspecified atom stereocenters. The van der Waals surface area contributed by atoms with Gasteiger partial charge in [-0.2, -0.15) is 10.1 Å². The van der Waals surface area contributed by atoms with E-state index in [1.54, 1.807) is 6.20 Å². The first-order valence-corrected chi connectivity index (χ1v) is 8.54. The predicted molar refractivity (Wildman–Crippen MR) is 96.9 cm³/mol. The summed E-state index contributed by atoms with van der Waals surface area (Å²) < 4.78 is 10.8. The second-order valence-electron chi connectivity index (χ2n) is 6.21. The number of benzene rings is 2. The van der Waals surface area contributed by atoms with Crippen LogP contribution in [0, 0.1) is 0 Å². The molecule has 0 saturated heterocycles. The van der Waals surface area contributed by atoms with E-state index in [-0.39, 0.29) is 6.79 Å². The third-order valence-electron chi connectivity index (χ3n) is 4.59. The molecule has 0 spiro atoms. The van der Waals surface area contributed by atoms with Crippen LogP contribution in [0.1, 0.15) is 11.1 Å². The van der Waals surface area contributed by atoms with Crippen LogP contribution in [0.5, 0.6) is 11.5 Å². The first-order valence-electron chi connectivity index (χ1n) is 8.54. The molecule has 130 valence electrons. The van der Waals surface area contributed by atoms with Gasteiger partial charge in [0.1, 0.15) is 0 Å². The number of hydrogen-bond donors (Lipinski definition) is 1. The first-order chi connectivity index (χ1) is 12.9. The standard InChI is InChI=1S/C19H17N5O2/c1-2-4-15-14(3-1)7-8-24(15)19-22-18(11-21-23-19)20-10-13-5-6-16-17(9-13)26-12-25-16/h1-6,9,11H,7-8,10,12H2,(H,20,22,23). The molecule has 2 aliphatic heterocycles. The van der Waals surface area contributed by atoms with E-state index < -0.39 is 0 Å². The second-order valence-corrected chi connectivity index (χ2v) is 6.21. The fourth-order valence-corrected chi connectivity index (χ4v) is 3.28. The molecule has 3 heterocycles. The number of nitrogens with zero attached hydrogens (tertiary/aromatic N) is 4. The van der Waals surface area contributed by atoms with Crippen molar-refractivity contribution >= 4 is 17.5 Å². The zero-order valence-electron chi connectivity index (χ0n) is 14.1. The third-order valence-corrected chi connectivity index (χ3v) is 4.59. The smallest absolute Gasteiger partial charge is 0.251 e. The Kier molecular flexibility index (Phi) is 3.55. The largest absolute Gasteiger partial charge is 0.454 e. The number of hydrogen-bond acceptors (Lipinski definition) is 7. The molecular weight excluding hydrogens is 330 g/mol. The number of anilines is 3. The van der Waals surface area contributed by atoms with Crippen molar-refractivity contribution in [2.75, 3.05) is 23.6 Å². The minimum absolute atomic E-state index is 0.280. The Hall–Kier alpha value is -3.35. The zero-order valence-corrected chi connectivity index (χ0v) is 14.1. The monoisotopic (exact) mass is 347 g/mol. The summed E-state index contributed by atoms with van der Waals surface area (Å²) in [6.07, 6.45) is 2.63. The highest BCUT2D eigenvalue weighted by molar-refractivity contribution is 5.65. The SMILES string of the molecule is c1ccc2c(c1)CCN2c1nncc(NCc2ccc3c(c2)OCO3)n1. The lowest BCUT2D eigenvalue weighted by molar-refractivity contribution is 0.174. The zero-order chi connectivity index (χ0) is 17.3. The summed E-state index contributed by atoms with van der Waals surface area (Å²) in [7, 11) is 0. The molecule has 26 heavy (non-hydrogen) atoms. The Balaban J connectivity index is 1.33. The van der Waals surface area contributed by atoms with Gasteiger partial charge in [0.05, 0.1) is 6.20 Å². The second kappa shape index (κ2) is 6.18. The van der Waals surface area contributed by atoms with Gasteiger partial charge in [-0.1, -0.05) is 24.3 Å². The molecule has 7 heteroatoms. The molecule has 0 bridgehead atoms. The summed E-state index contributed by atoms with van der Waals surface area (Å²) in [6, 6.07) is 14.2. The maximum Gasteiger partial charge on any atom is 0.251 e. The maximum absolute atomic E-state index is 5.42. The number of aromatic nitrogens is 3. The average Bonchev–Trinajstić information content (AvgIpc) is 3.33. The first kappa shape index (κ1) is 14.9. The van der Waals surface area contributed by atoms with E-state index in [1.807, 2.05) is 24.3 Å². The summed E-state index contributed by atoms with van der Waals surface area (Å²) in [6.45, 7) is 1.76. The van der Waals surface area contributed by atoms with Gasteiger partial charge in [0.15, 0.2) is 17.3 Å². The van der Waals surface area contributed by atoms with E-state index in [2.05, 4.69) is 43.6 Å². The van der Waals surface area contributed by atoms with Crippen LogP contribution in [0.3, 0.4) is 0 Å². The van der Waals surface area contributed by atoms with Gasteiger partial charge in [0.25, 0.3) is 5.95 Å². The highest BCUT2D eigenvalue weighted by Crippen LogP contribution is 2.33. The van der Waals surface area contributed by atoms with Crippen molar-refractivity contribution in [1.29, 1.82) is 0 Å². The summed E-state index contributed by atoms with van der Waals surface area (Å²) in [4.78, 5) is 6.73. The van der Waals surface area contributed by atoms with Gasteiger partial charge < -0.3 is 19.7 Å². The van der Waals surface area contributed by atoms with Crippen molar-refractivity contribution in [3.63, 3.8) is 0 Å². The van der Waals surface area contributed by atoms with E-state index in [9.17, 15) is 0 Å². The average molecular weight is 347 g/mol. The summed E-state index contributed by atoms with van der Waals surface area (Å²) >= 11 is 0. The maximum atomic E-state index is 5.42. The lowest BCUT2D eigenvalue weighted by atomic mass is 10.2. The molecule has 1 aromatic heterocycles. The molecule has 7 nitrogen and oxygen atoms in total. The molecule has 0 amide bonds. The van der Waals surface area contributed by atoms with Crippen LogP contribution >= 0.6 is 0 Å². The predicted octanol–water partition coefficient (Wildman–Crippen LogP) is 2.91. The number of nitrogens with one attached hydrogen (secondary N) is 1. The van der Waals surface area contributed by atoms with Crippen molar-refractivity contribution in [2.24, 2.45) is 0 Å². The van der Waals surface area contributed by atoms with Crippen molar-refractivity contribution in [2.45, 2.75) is 13.0 Å². The van der Waals surface area contributed by atoms with Crippen LogP contribution in [-0.4, -0.2) is 28.5 Å².